The van der Waals surface area contributed by atoms with Crippen molar-refractivity contribution in [1.29, 1.82) is 0 Å². The topological polar surface area (TPSA) is 109 Å². The fraction of sp³-hybridized carbons (Fsp3) is 0.273. The van der Waals surface area contributed by atoms with Crippen molar-refractivity contribution in [2.75, 3.05) is 11.9 Å². The second-order valence-corrected chi connectivity index (χ2v) is 7.71. The van der Waals surface area contributed by atoms with Crippen molar-refractivity contribution in [3.05, 3.63) is 58.1 Å². The molecule has 8 nitrogen and oxygen atoms in total. The van der Waals surface area contributed by atoms with Gasteiger partial charge in [-0.2, -0.15) is 5.10 Å². The number of hydrazone groups is 1. The van der Waals surface area contributed by atoms with Crippen LogP contribution < -0.4 is 20.8 Å². The largest absolute Gasteiger partial charge is 0.484 e. The Morgan fingerprint density at radius 2 is 1.94 bits per heavy atom. The van der Waals surface area contributed by atoms with Crippen LogP contribution in [0.1, 0.15) is 31.4 Å². The molecule has 0 fully saturated rings. The zero-order chi connectivity index (χ0) is 22.8. The van der Waals surface area contributed by atoms with Crippen molar-refractivity contribution in [3.8, 4) is 5.75 Å². The summed E-state index contributed by atoms with van der Waals surface area (Å²) in [6.45, 7) is 5.48. The smallest absolute Gasteiger partial charge is 0.329 e. The standard InChI is InChI=1S/C22H25BrN4O4/c1-4-15(3)25-21(29)22(30)27-24-12-16-6-5-7-18(11-16)31-13-20(28)26-17-8-9-19(23)14(2)10-17/h5-12,15H,4,13H2,1-3H3,(H,25,29)(H,26,28)(H,27,30)/b24-12-/t15-/m0/s1. The first-order valence-electron chi connectivity index (χ1n) is 9.71. The summed E-state index contributed by atoms with van der Waals surface area (Å²) in [5.41, 5.74) is 4.50. The van der Waals surface area contributed by atoms with E-state index in [1.807, 2.05) is 26.0 Å². The van der Waals surface area contributed by atoms with E-state index in [4.69, 9.17) is 4.74 Å². The molecule has 0 saturated carbocycles. The summed E-state index contributed by atoms with van der Waals surface area (Å²) in [7, 11) is 0. The Bertz CT molecular complexity index is 978. The predicted molar refractivity (Wildman–Crippen MR) is 123 cm³/mol. The molecule has 2 aromatic carbocycles. The van der Waals surface area contributed by atoms with Crippen molar-refractivity contribution >= 4 is 45.6 Å². The lowest BCUT2D eigenvalue weighted by Gasteiger charge is -2.09. The van der Waals surface area contributed by atoms with Crippen molar-refractivity contribution in [2.45, 2.75) is 33.2 Å². The van der Waals surface area contributed by atoms with Crippen LogP contribution in [0, 0.1) is 6.92 Å². The molecule has 0 spiro atoms. The molecular weight excluding hydrogens is 464 g/mol. The Morgan fingerprint density at radius 1 is 1.16 bits per heavy atom. The summed E-state index contributed by atoms with van der Waals surface area (Å²) in [4.78, 5) is 35.5. The molecule has 0 aliphatic rings. The maximum Gasteiger partial charge on any atom is 0.329 e. The maximum absolute atomic E-state index is 12.1. The number of benzene rings is 2. The number of nitrogens with one attached hydrogen (secondary N) is 3. The number of ether oxygens (including phenoxy) is 1. The van der Waals surface area contributed by atoms with E-state index in [1.54, 1.807) is 37.3 Å². The van der Waals surface area contributed by atoms with E-state index in [-0.39, 0.29) is 18.6 Å². The van der Waals surface area contributed by atoms with Crippen molar-refractivity contribution in [3.63, 3.8) is 0 Å². The molecule has 0 heterocycles. The third-order valence-electron chi connectivity index (χ3n) is 4.25. The van der Waals surface area contributed by atoms with Gasteiger partial charge in [-0.3, -0.25) is 14.4 Å². The van der Waals surface area contributed by atoms with Gasteiger partial charge in [0.15, 0.2) is 6.61 Å². The Hall–Kier alpha value is -3.20. The molecule has 0 saturated heterocycles. The van der Waals surface area contributed by atoms with Crippen molar-refractivity contribution < 1.29 is 19.1 Å². The highest BCUT2D eigenvalue weighted by Gasteiger charge is 2.14. The highest BCUT2D eigenvalue weighted by Crippen LogP contribution is 2.20. The molecule has 0 unspecified atom stereocenters. The molecule has 2 aromatic rings. The zero-order valence-electron chi connectivity index (χ0n) is 17.6. The fourth-order valence-electron chi connectivity index (χ4n) is 2.36. The van der Waals surface area contributed by atoms with E-state index >= 15 is 0 Å². The van der Waals surface area contributed by atoms with Crippen LogP contribution in [0.25, 0.3) is 0 Å². The first kappa shape index (κ1) is 24.1. The Labute approximate surface area is 189 Å². The van der Waals surface area contributed by atoms with Crippen LogP contribution in [-0.2, 0) is 14.4 Å². The van der Waals surface area contributed by atoms with E-state index in [2.05, 4.69) is 37.1 Å². The normalized spacial score (nSPS) is 11.6. The van der Waals surface area contributed by atoms with Gasteiger partial charge in [-0.05, 0) is 61.7 Å². The maximum atomic E-state index is 12.1. The van der Waals surface area contributed by atoms with Crippen LogP contribution in [0.15, 0.2) is 52.0 Å². The summed E-state index contributed by atoms with van der Waals surface area (Å²) in [5.74, 6) is -1.41. The molecule has 0 aliphatic heterocycles. The second kappa shape index (κ2) is 11.8. The van der Waals surface area contributed by atoms with E-state index < -0.39 is 11.8 Å². The van der Waals surface area contributed by atoms with Crippen LogP contribution in [0.3, 0.4) is 0 Å². The molecule has 3 N–H and O–H groups in total. The van der Waals surface area contributed by atoms with Gasteiger partial charge in [0.05, 0.1) is 6.21 Å². The number of aryl methyl sites for hydroxylation is 1. The summed E-state index contributed by atoms with van der Waals surface area (Å²) < 4.78 is 6.49. The highest BCUT2D eigenvalue weighted by molar-refractivity contribution is 9.10. The Kier molecular flexibility index (Phi) is 9.20. The van der Waals surface area contributed by atoms with E-state index in [0.29, 0.717) is 17.0 Å². The summed E-state index contributed by atoms with van der Waals surface area (Å²) >= 11 is 3.42. The van der Waals surface area contributed by atoms with Gasteiger partial charge in [0.25, 0.3) is 5.91 Å². The molecular formula is C22H25BrN4O4. The molecule has 3 amide bonds. The number of carbonyl (C=O) groups excluding carboxylic acids is 3. The molecule has 9 heteroatoms. The summed E-state index contributed by atoms with van der Waals surface area (Å²) in [6, 6.07) is 12.2. The number of carbonyl (C=O) groups is 3. The molecule has 2 rings (SSSR count). The highest BCUT2D eigenvalue weighted by atomic mass is 79.9. The van der Waals surface area contributed by atoms with Crippen LogP contribution in [-0.4, -0.2) is 36.6 Å². The number of amides is 3. The van der Waals surface area contributed by atoms with Crippen molar-refractivity contribution in [2.24, 2.45) is 5.10 Å². The van der Waals surface area contributed by atoms with Gasteiger partial charge in [-0.15, -0.1) is 0 Å². The Balaban J connectivity index is 1.85. The van der Waals surface area contributed by atoms with Crippen LogP contribution in [0.5, 0.6) is 5.75 Å². The van der Waals surface area contributed by atoms with Gasteiger partial charge in [0.1, 0.15) is 5.75 Å². The molecule has 1 atom stereocenters. The minimum absolute atomic E-state index is 0.0963. The molecule has 0 bridgehead atoms. The second-order valence-electron chi connectivity index (χ2n) is 6.86. The average Bonchev–Trinajstić information content (AvgIpc) is 2.75. The number of nitrogens with zero attached hydrogens (tertiary/aromatic N) is 1. The van der Waals surface area contributed by atoms with Gasteiger partial charge in [-0.25, -0.2) is 5.43 Å². The third kappa shape index (κ3) is 8.21. The predicted octanol–water partition coefficient (Wildman–Crippen LogP) is 3.14. The van der Waals surface area contributed by atoms with Crippen LogP contribution in [0.2, 0.25) is 0 Å². The Morgan fingerprint density at radius 3 is 2.65 bits per heavy atom. The first-order valence-corrected chi connectivity index (χ1v) is 10.5. The van der Waals surface area contributed by atoms with Gasteiger partial charge in [0.2, 0.25) is 0 Å². The fourth-order valence-corrected chi connectivity index (χ4v) is 2.61. The monoisotopic (exact) mass is 488 g/mol. The van der Waals surface area contributed by atoms with Gasteiger partial charge < -0.3 is 15.4 Å². The lowest BCUT2D eigenvalue weighted by atomic mass is 10.2. The molecule has 0 aliphatic carbocycles. The average molecular weight is 489 g/mol. The number of halogens is 1. The molecule has 0 radical (unpaired) electrons. The van der Waals surface area contributed by atoms with E-state index in [1.165, 1.54) is 6.21 Å². The summed E-state index contributed by atoms with van der Waals surface area (Å²) in [5, 5.41) is 9.10. The van der Waals surface area contributed by atoms with Crippen LogP contribution >= 0.6 is 15.9 Å². The number of anilines is 1. The first-order chi connectivity index (χ1) is 14.8. The number of hydrogen-bond donors (Lipinski definition) is 3. The molecule has 164 valence electrons. The van der Waals surface area contributed by atoms with Gasteiger partial charge in [-0.1, -0.05) is 35.0 Å². The number of hydrogen-bond acceptors (Lipinski definition) is 5. The summed E-state index contributed by atoms with van der Waals surface area (Å²) in [6.07, 6.45) is 2.10. The lowest BCUT2D eigenvalue weighted by Crippen LogP contribution is -2.41. The van der Waals surface area contributed by atoms with E-state index in [9.17, 15) is 14.4 Å². The minimum atomic E-state index is -0.844. The molecule has 31 heavy (non-hydrogen) atoms. The van der Waals surface area contributed by atoms with Gasteiger partial charge >= 0.3 is 11.8 Å². The lowest BCUT2D eigenvalue weighted by molar-refractivity contribution is -0.139. The van der Waals surface area contributed by atoms with Gasteiger partial charge in [0, 0.05) is 16.2 Å². The third-order valence-corrected chi connectivity index (χ3v) is 5.14. The van der Waals surface area contributed by atoms with Crippen LogP contribution in [0.4, 0.5) is 5.69 Å². The van der Waals surface area contributed by atoms with E-state index in [0.717, 1.165) is 16.5 Å². The van der Waals surface area contributed by atoms with Crippen molar-refractivity contribution in [1.82, 2.24) is 10.7 Å². The number of rotatable bonds is 8. The SMILES string of the molecule is CC[C@H](C)NC(=O)C(=O)N/N=C\c1cccc(OCC(=O)Nc2ccc(Br)c(C)c2)c1. The zero-order valence-corrected chi connectivity index (χ0v) is 19.2. The quantitative estimate of drug-likeness (QED) is 0.301. The minimum Gasteiger partial charge on any atom is -0.484 e. The molecule has 0 aromatic heterocycles.